The molecule has 2 aliphatic heterocycles. The lowest BCUT2D eigenvalue weighted by Crippen LogP contribution is -2.67. The molecule has 2 saturated heterocycles. The van der Waals surface area contributed by atoms with Crippen LogP contribution in [0, 0.1) is 0 Å². The van der Waals surface area contributed by atoms with Crippen molar-refractivity contribution >= 4 is 12.0 Å². The van der Waals surface area contributed by atoms with Crippen molar-refractivity contribution in [3.05, 3.63) is 71.3 Å². The highest BCUT2D eigenvalue weighted by Crippen LogP contribution is 2.34. The van der Waals surface area contributed by atoms with Gasteiger partial charge >= 0.3 is 0 Å². The number of para-hydroxylation sites is 1. The normalized spacial score (nSPS) is 34.0. The molecule has 1 saturated carbocycles. The number of amides is 1. The Bertz CT molecular complexity index is 1370. The lowest BCUT2D eigenvalue weighted by molar-refractivity contribution is -0.155. The molecule has 1 amide bonds. The van der Waals surface area contributed by atoms with Gasteiger partial charge in [-0.05, 0) is 61.4 Å². The van der Waals surface area contributed by atoms with E-state index in [4.69, 9.17) is 23.7 Å². The van der Waals surface area contributed by atoms with E-state index in [1.165, 1.54) is 25.1 Å². The Morgan fingerprint density at radius 1 is 0.932 bits per heavy atom. The monoisotopic (exact) mass is 615 g/mol. The van der Waals surface area contributed by atoms with Gasteiger partial charge in [0.1, 0.15) is 68.0 Å². The van der Waals surface area contributed by atoms with Crippen LogP contribution in [0.4, 0.5) is 0 Å². The molecule has 0 bridgehead atoms. The van der Waals surface area contributed by atoms with Crippen LogP contribution in [-0.4, -0.2) is 111 Å². The third-order valence-corrected chi connectivity index (χ3v) is 7.94. The summed E-state index contributed by atoms with van der Waals surface area (Å²) < 4.78 is 27.6. The van der Waals surface area contributed by atoms with Crippen molar-refractivity contribution in [2.45, 2.75) is 75.0 Å². The molecule has 5 rings (SSSR count). The Hall–Kier alpha value is -3.53. The molecule has 3 aliphatic rings. The number of hydrogen-bond acceptors (Lipinski definition) is 12. The molecular formula is C31H37NO12. The highest BCUT2D eigenvalue weighted by atomic mass is 16.7. The first-order valence-electron chi connectivity index (χ1n) is 14.2. The van der Waals surface area contributed by atoms with Gasteiger partial charge in [-0.3, -0.25) is 4.79 Å². The van der Waals surface area contributed by atoms with Crippen molar-refractivity contribution in [3.8, 4) is 17.2 Å². The molecule has 13 heteroatoms. The van der Waals surface area contributed by atoms with Crippen LogP contribution in [0.5, 0.6) is 17.2 Å². The van der Waals surface area contributed by atoms with Gasteiger partial charge in [0, 0.05) is 5.57 Å². The van der Waals surface area contributed by atoms with Crippen LogP contribution in [0.15, 0.2) is 65.8 Å². The van der Waals surface area contributed by atoms with Gasteiger partial charge in [-0.1, -0.05) is 24.3 Å². The largest absolute Gasteiger partial charge is 0.504 e. The molecule has 10 atom stereocenters. The van der Waals surface area contributed by atoms with Crippen molar-refractivity contribution < 1.29 is 59.1 Å². The van der Waals surface area contributed by atoms with Gasteiger partial charge in [-0.2, -0.15) is 0 Å². The van der Waals surface area contributed by atoms with Gasteiger partial charge in [0.15, 0.2) is 11.5 Å². The van der Waals surface area contributed by atoms with Gasteiger partial charge in [0.05, 0.1) is 6.04 Å². The highest BCUT2D eigenvalue weighted by Gasteiger charge is 2.53. The Balaban J connectivity index is 1.18. The van der Waals surface area contributed by atoms with Crippen LogP contribution in [0.3, 0.4) is 0 Å². The van der Waals surface area contributed by atoms with Gasteiger partial charge in [-0.25, -0.2) is 0 Å². The van der Waals surface area contributed by atoms with Gasteiger partial charge in [0.2, 0.25) is 12.2 Å². The molecule has 7 N–H and O–H groups in total. The quantitative estimate of drug-likeness (QED) is 0.147. The number of hydrogen-bond donors (Lipinski definition) is 7. The molecule has 2 aromatic rings. The molecule has 1 aliphatic carbocycles. The number of benzene rings is 2. The number of aromatic hydroxyl groups is 1. The highest BCUT2D eigenvalue weighted by molar-refractivity contribution is 5.97. The molecule has 13 nitrogen and oxygen atoms in total. The predicted molar refractivity (Wildman–Crippen MR) is 153 cm³/mol. The first-order valence-corrected chi connectivity index (χ1v) is 14.2. The minimum absolute atomic E-state index is 0.0222. The average Bonchev–Trinajstić information content (AvgIpc) is 3.61. The number of aliphatic hydroxyl groups excluding tert-OH is 5. The van der Waals surface area contributed by atoms with E-state index < -0.39 is 67.1 Å². The molecular weight excluding hydrogens is 578 g/mol. The maximum absolute atomic E-state index is 12.9. The second-order valence-electron chi connectivity index (χ2n) is 11.0. The second-order valence-corrected chi connectivity index (χ2v) is 11.0. The fourth-order valence-electron chi connectivity index (χ4n) is 5.41. The Morgan fingerprint density at radius 3 is 2.34 bits per heavy atom. The van der Waals surface area contributed by atoms with Crippen molar-refractivity contribution in [3.63, 3.8) is 0 Å². The molecule has 0 spiro atoms. The fraction of sp³-hybridized carbons (Fsp3) is 0.452. The summed E-state index contributed by atoms with van der Waals surface area (Å²) in [5.74, 6) is -0.275. The number of rotatable bonds is 9. The first kappa shape index (κ1) is 31.9. The molecule has 0 radical (unpaired) electrons. The number of ether oxygens (including phenoxy) is 5. The Labute approximate surface area is 253 Å². The van der Waals surface area contributed by atoms with Crippen molar-refractivity contribution in [1.82, 2.24) is 5.32 Å². The maximum Gasteiger partial charge on any atom is 0.247 e. The summed E-state index contributed by atoms with van der Waals surface area (Å²) in [6, 6.07) is 12.3. The topological polar surface area (TPSA) is 197 Å². The molecule has 0 aromatic heterocycles. The first-order chi connectivity index (χ1) is 21.0. The molecule has 44 heavy (non-hydrogen) atoms. The number of carbonyl (C=O) groups is 1. The lowest BCUT2D eigenvalue weighted by Gasteiger charge is -2.41. The van der Waals surface area contributed by atoms with E-state index in [0.29, 0.717) is 16.9 Å². The summed E-state index contributed by atoms with van der Waals surface area (Å²) in [6.07, 6.45) is -7.59. The minimum atomic E-state index is -1.49. The number of phenolic OH excluding ortho intramolecular Hbond substituents is 1. The molecule has 2 aromatic carbocycles. The summed E-state index contributed by atoms with van der Waals surface area (Å²) in [7, 11) is 0. The number of phenols is 1. The summed E-state index contributed by atoms with van der Waals surface area (Å²) >= 11 is 0. The summed E-state index contributed by atoms with van der Waals surface area (Å²) in [5, 5.41) is 65.6. The van der Waals surface area contributed by atoms with Gasteiger partial charge < -0.3 is 59.6 Å². The third-order valence-electron chi connectivity index (χ3n) is 7.94. The van der Waals surface area contributed by atoms with E-state index in [1.807, 2.05) is 30.3 Å². The number of fused-ring (bicyclic) bond motifs is 1. The van der Waals surface area contributed by atoms with Crippen molar-refractivity contribution in [2.24, 2.45) is 0 Å². The van der Waals surface area contributed by atoms with Crippen LogP contribution < -0.4 is 14.8 Å². The number of carbonyl (C=O) groups excluding carboxylic acids is 1. The third kappa shape index (κ3) is 6.75. The average molecular weight is 616 g/mol. The smallest absolute Gasteiger partial charge is 0.247 e. The zero-order valence-corrected chi connectivity index (χ0v) is 24.1. The zero-order valence-electron chi connectivity index (χ0n) is 24.1. The van der Waals surface area contributed by atoms with Crippen molar-refractivity contribution in [2.75, 3.05) is 13.4 Å². The van der Waals surface area contributed by atoms with Crippen LogP contribution >= 0.6 is 0 Å². The predicted octanol–water partition coefficient (Wildman–Crippen LogP) is -0.0311. The molecule has 238 valence electrons. The van der Waals surface area contributed by atoms with Crippen LogP contribution in [0.25, 0.3) is 6.08 Å². The standard InChI is InChI=1S/C31H37NO12/c1-15(10-11-40-18-6-4-3-5-7-18)27-25(37)26(38)31(44-27)43-20-9-8-17(13-19(20)33)12-16(2)30(39)32-21-22(34)24(36)29-28(23(21)35)41-14-42-29/h3-10,12-13,21-29,31,33-38H,11,14H2,1-2H3,(H,32,39)/b15-10+,16-12+/t21-,22+,23-,24-,25+,26+,27-,28+,29-,31-/m1/s1. The van der Waals surface area contributed by atoms with Crippen molar-refractivity contribution in [1.29, 1.82) is 0 Å². The molecule has 0 unspecified atom stereocenters. The summed E-state index contributed by atoms with van der Waals surface area (Å²) in [4.78, 5) is 12.9. The number of nitrogens with one attached hydrogen (secondary N) is 1. The van der Waals surface area contributed by atoms with E-state index >= 15 is 0 Å². The minimum Gasteiger partial charge on any atom is -0.504 e. The van der Waals surface area contributed by atoms with Crippen LogP contribution in [0.1, 0.15) is 19.4 Å². The Kier molecular flexibility index (Phi) is 9.87. The second kappa shape index (κ2) is 13.6. The van der Waals surface area contributed by atoms with E-state index in [0.717, 1.165) is 0 Å². The van der Waals surface area contributed by atoms with Crippen LogP contribution in [0.2, 0.25) is 0 Å². The summed E-state index contributed by atoms with van der Waals surface area (Å²) in [5.41, 5.74) is 1.23. The van der Waals surface area contributed by atoms with E-state index in [9.17, 15) is 35.4 Å². The molecule has 3 fully saturated rings. The maximum atomic E-state index is 12.9. The Morgan fingerprint density at radius 2 is 1.64 bits per heavy atom. The van der Waals surface area contributed by atoms with E-state index in [1.54, 1.807) is 19.1 Å². The SMILES string of the molecule is C/C(=C\c1ccc(O[C@@H]2O[C@H](/C(C)=C/COc3ccccc3)[C@@H](O)[C@@H]2O)c(O)c1)C(=O)N[C@@H]1[C@H](O)[C@@H](O)[C@H]2OCO[C@H]2[C@@H]1O. The zero-order chi connectivity index (χ0) is 31.5. The van der Waals surface area contributed by atoms with E-state index in [2.05, 4.69) is 5.32 Å². The summed E-state index contributed by atoms with van der Waals surface area (Å²) in [6.45, 7) is 3.32. The van der Waals surface area contributed by atoms with E-state index in [-0.39, 0.29) is 30.5 Å². The lowest BCUT2D eigenvalue weighted by atomic mass is 9.83. The fourth-order valence-corrected chi connectivity index (χ4v) is 5.41. The van der Waals surface area contributed by atoms with Crippen LogP contribution in [-0.2, 0) is 19.0 Å². The molecule has 2 heterocycles. The number of aliphatic hydroxyl groups is 5. The van der Waals surface area contributed by atoms with Gasteiger partial charge in [0.25, 0.3) is 0 Å². The van der Waals surface area contributed by atoms with Gasteiger partial charge in [-0.15, -0.1) is 0 Å².